The van der Waals surface area contributed by atoms with Crippen molar-refractivity contribution in [2.45, 2.75) is 44.0 Å². The molecule has 1 amide bonds. The summed E-state index contributed by atoms with van der Waals surface area (Å²) in [6.45, 7) is 3.27. The molecule has 5 nitrogen and oxygen atoms in total. The highest BCUT2D eigenvalue weighted by Crippen LogP contribution is 2.29. The van der Waals surface area contributed by atoms with E-state index < -0.39 is 21.7 Å². The lowest BCUT2D eigenvalue weighted by Crippen LogP contribution is -2.41. The Morgan fingerprint density at radius 2 is 2.05 bits per heavy atom. The number of carbonyl (C=O) groups excluding carboxylic acids is 1. The third-order valence-electron chi connectivity index (χ3n) is 4.02. The second kappa shape index (κ2) is 5.73. The second-order valence-corrected chi connectivity index (χ2v) is 7.16. The normalized spacial score (nSPS) is 17.1. The Bertz CT molecular complexity index is 669. The van der Waals surface area contributed by atoms with Gasteiger partial charge in [0.25, 0.3) is 5.91 Å². The van der Waals surface area contributed by atoms with Crippen LogP contribution in [0, 0.1) is 18.7 Å². The van der Waals surface area contributed by atoms with Gasteiger partial charge in [-0.1, -0.05) is 6.42 Å². The zero-order valence-corrected chi connectivity index (χ0v) is 12.8. The van der Waals surface area contributed by atoms with Crippen molar-refractivity contribution >= 4 is 15.9 Å². The molecule has 1 fully saturated rings. The number of aryl methyl sites for hydroxylation is 1. The summed E-state index contributed by atoms with van der Waals surface area (Å²) in [4.78, 5) is 11.9. The summed E-state index contributed by atoms with van der Waals surface area (Å²) in [5.41, 5.74) is -0.215. The number of hydrogen-bond donors (Lipinski definition) is 2. The smallest absolute Gasteiger partial charge is 0.254 e. The monoisotopic (exact) mass is 314 g/mol. The Morgan fingerprint density at radius 1 is 1.43 bits per heavy atom. The zero-order valence-electron chi connectivity index (χ0n) is 12.0. The van der Waals surface area contributed by atoms with Gasteiger partial charge in [-0.25, -0.2) is 17.9 Å². The molecular weight excluding hydrogens is 295 g/mol. The maximum atomic E-state index is 14.1. The molecule has 1 unspecified atom stereocenters. The number of hydrogen-bond acceptors (Lipinski definition) is 3. The van der Waals surface area contributed by atoms with Gasteiger partial charge >= 0.3 is 0 Å². The predicted molar refractivity (Wildman–Crippen MR) is 76.8 cm³/mol. The molecule has 3 N–H and O–H groups in total. The molecule has 0 saturated heterocycles. The lowest BCUT2D eigenvalue weighted by Gasteiger charge is -2.31. The summed E-state index contributed by atoms with van der Waals surface area (Å²) < 4.78 is 36.8. The number of nitrogens with two attached hydrogens (primary N) is 1. The van der Waals surface area contributed by atoms with Gasteiger partial charge in [-0.2, -0.15) is 0 Å². The van der Waals surface area contributed by atoms with E-state index in [4.69, 9.17) is 5.14 Å². The SMILES string of the molecule is Cc1cc(S(N)(=O)=O)cc(C(=O)NC(C)C2CCC2)c1F. The van der Waals surface area contributed by atoms with E-state index in [0.717, 1.165) is 31.4 Å². The van der Waals surface area contributed by atoms with Gasteiger partial charge in [-0.15, -0.1) is 0 Å². The highest BCUT2D eigenvalue weighted by molar-refractivity contribution is 7.89. The van der Waals surface area contributed by atoms with E-state index in [1.807, 2.05) is 6.92 Å². The van der Waals surface area contributed by atoms with Crippen molar-refractivity contribution in [3.63, 3.8) is 0 Å². The summed E-state index contributed by atoms with van der Waals surface area (Å²) in [5.74, 6) is -0.930. The number of amides is 1. The fraction of sp³-hybridized carbons (Fsp3) is 0.500. The van der Waals surface area contributed by atoms with Gasteiger partial charge in [-0.3, -0.25) is 4.79 Å². The van der Waals surface area contributed by atoms with E-state index in [2.05, 4.69) is 5.32 Å². The summed E-state index contributed by atoms with van der Waals surface area (Å²) in [7, 11) is -3.98. The molecule has 1 saturated carbocycles. The van der Waals surface area contributed by atoms with Crippen molar-refractivity contribution < 1.29 is 17.6 Å². The molecule has 1 aromatic rings. The largest absolute Gasteiger partial charge is 0.349 e. The fourth-order valence-corrected chi connectivity index (χ4v) is 3.03. The molecule has 0 aromatic heterocycles. The molecule has 21 heavy (non-hydrogen) atoms. The average molecular weight is 314 g/mol. The van der Waals surface area contributed by atoms with Gasteiger partial charge in [0.2, 0.25) is 10.0 Å². The molecular formula is C14H19FN2O3S. The molecule has 1 aromatic carbocycles. The lowest BCUT2D eigenvalue weighted by atomic mass is 9.80. The Labute approximate surface area is 123 Å². The van der Waals surface area contributed by atoms with Crippen molar-refractivity contribution in [3.05, 3.63) is 29.1 Å². The van der Waals surface area contributed by atoms with Crippen LogP contribution in [0.2, 0.25) is 0 Å². The molecule has 0 aliphatic heterocycles. The van der Waals surface area contributed by atoms with Crippen molar-refractivity contribution in [3.8, 4) is 0 Å². The van der Waals surface area contributed by atoms with E-state index in [0.29, 0.717) is 5.92 Å². The van der Waals surface area contributed by atoms with Crippen molar-refractivity contribution in [1.82, 2.24) is 5.32 Å². The van der Waals surface area contributed by atoms with Crippen LogP contribution < -0.4 is 10.5 Å². The first-order chi connectivity index (χ1) is 9.70. The number of halogens is 1. The quantitative estimate of drug-likeness (QED) is 0.886. The van der Waals surface area contributed by atoms with Crippen LogP contribution in [-0.2, 0) is 10.0 Å². The van der Waals surface area contributed by atoms with Crippen LogP contribution >= 0.6 is 0 Å². The standard InChI is InChI=1S/C14H19FN2O3S/c1-8-6-11(21(16,19)20)7-12(13(8)15)14(18)17-9(2)10-4-3-5-10/h6-7,9-10H,3-5H2,1-2H3,(H,17,18)(H2,16,19,20). The maximum absolute atomic E-state index is 14.1. The predicted octanol–water partition coefficient (Wildman–Crippen LogP) is 1.70. The maximum Gasteiger partial charge on any atom is 0.254 e. The Morgan fingerprint density at radius 3 is 2.52 bits per heavy atom. The third-order valence-corrected chi connectivity index (χ3v) is 4.91. The summed E-state index contributed by atoms with van der Waals surface area (Å²) >= 11 is 0. The molecule has 1 aliphatic carbocycles. The van der Waals surface area contributed by atoms with Crippen LogP contribution in [0.3, 0.4) is 0 Å². The highest BCUT2D eigenvalue weighted by Gasteiger charge is 2.27. The Balaban J connectivity index is 2.29. The van der Waals surface area contributed by atoms with Crippen molar-refractivity contribution in [2.24, 2.45) is 11.1 Å². The van der Waals surface area contributed by atoms with Crippen molar-refractivity contribution in [1.29, 1.82) is 0 Å². The number of benzene rings is 1. The topological polar surface area (TPSA) is 89.3 Å². The first-order valence-corrected chi connectivity index (χ1v) is 8.38. The molecule has 0 spiro atoms. The van der Waals surface area contributed by atoms with Crippen LogP contribution in [0.25, 0.3) is 0 Å². The fourth-order valence-electron chi connectivity index (χ4n) is 2.41. The highest BCUT2D eigenvalue weighted by atomic mass is 32.2. The molecule has 1 atom stereocenters. The Kier molecular flexibility index (Phi) is 4.34. The molecule has 0 radical (unpaired) electrons. The minimum atomic E-state index is -3.98. The average Bonchev–Trinajstić information content (AvgIpc) is 2.28. The number of carbonyl (C=O) groups is 1. The Hall–Kier alpha value is -1.47. The van der Waals surface area contributed by atoms with Gasteiger partial charge in [0.05, 0.1) is 10.5 Å². The van der Waals surface area contributed by atoms with Gasteiger partial charge in [0, 0.05) is 6.04 Å². The minimum Gasteiger partial charge on any atom is -0.349 e. The molecule has 7 heteroatoms. The lowest BCUT2D eigenvalue weighted by molar-refractivity contribution is 0.0904. The van der Waals surface area contributed by atoms with E-state index in [9.17, 15) is 17.6 Å². The van der Waals surface area contributed by atoms with Crippen LogP contribution in [0.4, 0.5) is 4.39 Å². The number of nitrogens with one attached hydrogen (secondary N) is 1. The number of primary sulfonamides is 1. The van der Waals surface area contributed by atoms with Crippen LogP contribution in [0.15, 0.2) is 17.0 Å². The molecule has 116 valence electrons. The van der Waals surface area contributed by atoms with Gasteiger partial charge in [0.15, 0.2) is 0 Å². The summed E-state index contributed by atoms with van der Waals surface area (Å²) in [6.07, 6.45) is 3.22. The number of rotatable bonds is 4. The second-order valence-electron chi connectivity index (χ2n) is 5.60. The number of sulfonamides is 1. The van der Waals surface area contributed by atoms with E-state index in [1.165, 1.54) is 6.92 Å². The summed E-state index contributed by atoms with van der Waals surface area (Å²) in [5, 5.41) is 7.77. The summed E-state index contributed by atoms with van der Waals surface area (Å²) in [6, 6.07) is 2.04. The van der Waals surface area contributed by atoms with Crippen LogP contribution in [0.5, 0.6) is 0 Å². The molecule has 0 bridgehead atoms. The first-order valence-electron chi connectivity index (χ1n) is 6.84. The van der Waals surface area contributed by atoms with Gasteiger partial charge in [0.1, 0.15) is 5.82 Å². The minimum absolute atomic E-state index is 0.0657. The third kappa shape index (κ3) is 3.41. The van der Waals surface area contributed by atoms with E-state index in [-0.39, 0.29) is 22.1 Å². The van der Waals surface area contributed by atoms with Crippen LogP contribution in [0.1, 0.15) is 42.1 Å². The zero-order chi connectivity index (χ0) is 15.8. The van der Waals surface area contributed by atoms with E-state index in [1.54, 1.807) is 0 Å². The van der Waals surface area contributed by atoms with E-state index >= 15 is 0 Å². The molecule has 2 rings (SSSR count). The van der Waals surface area contributed by atoms with Crippen LogP contribution in [-0.4, -0.2) is 20.4 Å². The van der Waals surface area contributed by atoms with Gasteiger partial charge < -0.3 is 5.32 Å². The van der Waals surface area contributed by atoms with Crippen molar-refractivity contribution in [2.75, 3.05) is 0 Å². The molecule has 1 aliphatic rings. The molecule has 0 heterocycles. The van der Waals surface area contributed by atoms with Gasteiger partial charge in [-0.05, 0) is 50.3 Å². The first kappa shape index (κ1) is 15.9.